The van der Waals surface area contributed by atoms with Gasteiger partial charge in [0, 0.05) is 32.0 Å². The Kier molecular flexibility index (Phi) is 7.03. The first kappa shape index (κ1) is 13.1. The zero-order chi connectivity index (χ0) is 10.9. The highest BCUT2D eigenvalue weighted by molar-refractivity contribution is 5.05. The molecule has 0 rings (SSSR count). The number of nitriles is 1. The Bertz CT molecular complexity index is 191. The normalized spacial score (nSPS) is 11.9. The van der Waals surface area contributed by atoms with Gasteiger partial charge in [0.25, 0.3) is 0 Å². The minimum absolute atomic E-state index is 0.454. The second-order valence-corrected chi connectivity index (χ2v) is 2.37. The van der Waals surface area contributed by atoms with Crippen molar-refractivity contribution in [2.45, 2.75) is 26.7 Å². The molecular weight excluding hydrogens is 182 g/mol. The molecule has 4 nitrogen and oxygen atoms in total. The molecule has 0 saturated heterocycles. The molecule has 4 heteroatoms. The summed E-state index contributed by atoms with van der Waals surface area (Å²) >= 11 is 0. The Labute approximate surface area is 85.1 Å². The van der Waals surface area contributed by atoms with Crippen LogP contribution in [0.4, 0.5) is 0 Å². The zero-order valence-corrected chi connectivity index (χ0v) is 8.95. The molecule has 14 heavy (non-hydrogen) atoms. The molecule has 0 unspecified atom stereocenters. The van der Waals surface area contributed by atoms with Crippen molar-refractivity contribution in [3.05, 3.63) is 12.2 Å². The summed E-state index contributed by atoms with van der Waals surface area (Å²) in [7, 11) is 0. The van der Waals surface area contributed by atoms with Crippen LogP contribution < -0.4 is 0 Å². The third kappa shape index (κ3) is 4.38. The quantitative estimate of drug-likeness (QED) is 0.463. The number of hydrogen-bond donors (Lipinski definition) is 0. The number of hydrogen-bond acceptors (Lipinski definition) is 4. The van der Waals surface area contributed by atoms with Gasteiger partial charge >= 0.3 is 5.97 Å². The highest BCUT2D eigenvalue weighted by Crippen LogP contribution is 2.17. The lowest BCUT2D eigenvalue weighted by Gasteiger charge is -2.28. The molecule has 0 aromatic heterocycles. The third-order valence-corrected chi connectivity index (χ3v) is 1.40. The molecule has 0 aliphatic rings. The van der Waals surface area contributed by atoms with E-state index in [0.717, 1.165) is 0 Å². The largest absolute Gasteiger partial charge is 0.324 e. The van der Waals surface area contributed by atoms with E-state index in [1.54, 1.807) is 0 Å². The van der Waals surface area contributed by atoms with Gasteiger partial charge in [0.15, 0.2) is 0 Å². The van der Waals surface area contributed by atoms with E-state index in [-0.39, 0.29) is 0 Å². The predicted octanol–water partition coefficient (Wildman–Crippen LogP) is 1.83. The van der Waals surface area contributed by atoms with Crippen LogP contribution >= 0.6 is 0 Å². The van der Waals surface area contributed by atoms with Gasteiger partial charge in [-0.05, 0) is 20.8 Å². The van der Waals surface area contributed by atoms with Crippen molar-refractivity contribution in [2.75, 3.05) is 19.8 Å². The Morgan fingerprint density at radius 3 is 1.79 bits per heavy atom. The average Bonchev–Trinajstić information content (AvgIpc) is 2.16. The Hall–Kier alpha value is -0.890. The van der Waals surface area contributed by atoms with Crippen molar-refractivity contribution in [3.63, 3.8) is 0 Å². The van der Waals surface area contributed by atoms with Crippen LogP contribution in [0.15, 0.2) is 12.2 Å². The second kappa shape index (κ2) is 7.51. The van der Waals surface area contributed by atoms with Gasteiger partial charge in [0.2, 0.25) is 0 Å². The van der Waals surface area contributed by atoms with E-state index >= 15 is 0 Å². The molecule has 0 saturated carbocycles. The minimum Gasteiger partial charge on any atom is -0.324 e. The van der Waals surface area contributed by atoms with E-state index in [0.29, 0.717) is 19.8 Å². The van der Waals surface area contributed by atoms with Crippen LogP contribution in [0.3, 0.4) is 0 Å². The van der Waals surface area contributed by atoms with Gasteiger partial charge < -0.3 is 14.2 Å². The van der Waals surface area contributed by atoms with Crippen molar-refractivity contribution >= 4 is 0 Å². The fourth-order valence-electron chi connectivity index (χ4n) is 1.01. The van der Waals surface area contributed by atoms with Crippen LogP contribution in [0.5, 0.6) is 0 Å². The lowest BCUT2D eigenvalue weighted by Crippen LogP contribution is -2.37. The second-order valence-electron chi connectivity index (χ2n) is 2.37. The third-order valence-electron chi connectivity index (χ3n) is 1.40. The fraction of sp³-hybridized carbons (Fsp3) is 0.700. The summed E-state index contributed by atoms with van der Waals surface area (Å²) in [6.07, 6.45) is 2.77. The SMILES string of the molecule is CCOC(/C=C/C#N)(OCC)OCC. The molecular formula is C10H17NO3. The Morgan fingerprint density at radius 1 is 1.07 bits per heavy atom. The summed E-state index contributed by atoms with van der Waals surface area (Å²) in [4.78, 5) is 0. The van der Waals surface area contributed by atoms with Crippen molar-refractivity contribution < 1.29 is 14.2 Å². The maximum absolute atomic E-state index is 8.43. The topological polar surface area (TPSA) is 51.5 Å². The molecule has 0 heterocycles. The van der Waals surface area contributed by atoms with Crippen LogP contribution in [-0.4, -0.2) is 25.8 Å². The lowest BCUT2D eigenvalue weighted by atomic mass is 10.4. The van der Waals surface area contributed by atoms with Gasteiger partial charge in [0.05, 0.1) is 6.07 Å². The molecule has 0 bridgehead atoms. The maximum atomic E-state index is 8.43. The Morgan fingerprint density at radius 2 is 1.50 bits per heavy atom. The lowest BCUT2D eigenvalue weighted by molar-refractivity contribution is -0.345. The summed E-state index contributed by atoms with van der Waals surface area (Å²) in [6, 6.07) is 1.88. The van der Waals surface area contributed by atoms with E-state index < -0.39 is 5.97 Å². The Balaban J connectivity index is 4.55. The molecule has 80 valence electrons. The molecule has 0 N–H and O–H groups in total. The summed E-state index contributed by atoms with van der Waals surface area (Å²) < 4.78 is 16.0. The van der Waals surface area contributed by atoms with E-state index in [4.69, 9.17) is 19.5 Å². The van der Waals surface area contributed by atoms with Crippen LogP contribution in [0.25, 0.3) is 0 Å². The molecule has 0 aromatic rings. The van der Waals surface area contributed by atoms with Crippen LogP contribution in [-0.2, 0) is 14.2 Å². The molecule has 0 fully saturated rings. The van der Waals surface area contributed by atoms with Gasteiger partial charge in [0.1, 0.15) is 0 Å². The van der Waals surface area contributed by atoms with Gasteiger partial charge in [-0.25, -0.2) is 0 Å². The average molecular weight is 199 g/mol. The highest BCUT2D eigenvalue weighted by atomic mass is 16.9. The van der Waals surface area contributed by atoms with Crippen LogP contribution in [0, 0.1) is 11.3 Å². The van der Waals surface area contributed by atoms with Gasteiger partial charge in [-0.1, -0.05) is 0 Å². The van der Waals surface area contributed by atoms with E-state index in [2.05, 4.69) is 0 Å². The molecule has 0 aromatic carbocycles. The van der Waals surface area contributed by atoms with Crippen LogP contribution in [0.2, 0.25) is 0 Å². The fourth-order valence-corrected chi connectivity index (χ4v) is 1.01. The summed E-state index contributed by atoms with van der Waals surface area (Å²) in [5, 5.41) is 8.43. The first-order chi connectivity index (χ1) is 6.74. The monoisotopic (exact) mass is 199 g/mol. The zero-order valence-electron chi connectivity index (χ0n) is 8.95. The molecule has 0 atom stereocenters. The van der Waals surface area contributed by atoms with Crippen molar-refractivity contribution in [1.82, 2.24) is 0 Å². The van der Waals surface area contributed by atoms with E-state index in [1.807, 2.05) is 26.8 Å². The van der Waals surface area contributed by atoms with Gasteiger partial charge in [-0.15, -0.1) is 0 Å². The molecule has 0 spiro atoms. The van der Waals surface area contributed by atoms with Gasteiger partial charge in [-0.2, -0.15) is 5.26 Å². The summed E-state index contributed by atoms with van der Waals surface area (Å²) in [5.41, 5.74) is 0. The van der Waals surface area contributed by atoms with Crippen molar-refractivity contribution in [2.24, 2.45) is 0 Å². The maximum Gasteiger partial charge on any atom is 0.305 e. The standard InChI is InChI=1S/C10H17NO3/c1-4-12-10(13-5-2,14-6-3)8-7-9-11/h7-8H,4-6H2,1-3H3/b8-7+. The highest BCUT2D eigenvalue weighted by Gasteiger charge is 2.28. The van der Waals surface area contributed by atoms with E-state index in [9.17, 15) is 0 Å². The molecule has 0 amide bonds. The summed E-state index contributed by atoms with van der Waals surface area (Å²) in [6.45, 7) is 6.88. The predicted molar refractivity (Wildman–Crippen MR) is 52.4 cm³/mol. The minimum atomic E-state index is -1.20. The molecule has 0 aliphatic carbocycles. The van der Waals surface area contributed by atoms with Crippen molar-refractivity contribution in [1.29, 1.82) is 5.26 Å². The van der Waals surface area contributed by atoms with Gasteiger partial charge in [-0.3, -0.25) is 0 Å². The van der Waals surface area contributed by atoms with E-state index in [1.165, 1.54) is 12.2 Å². The first-order valence-corrected chi connectivity index (χ1v) is 4.73. The summed E-state index contributed by atoms with van der Waals surface area (Å²) in [5.74, 6) is -1.20. The molecule has 0 radical (unpaired) electrons. The van der Waals surface area contributed by atoms with Crippen molar-refractivity contribution in [3.8, 4) is 6.07 Å². The number of nitrogens with zero attached hydrogens (tertiary/aromatic N) is 1. The molecule has 0 aliphatic heterocycles. The first-order valence-electron chi connectivity index (χ1n) is 4.73. The van der Waals surface area contributed by atoms with Crippen LogP contribution in [0.1, 0.15) is 20.8 Å². The number of rotatable bonds is 7. The number of allylic oxidation sites excluding steroid dienone is 1. The number of ether oxygens (including phenoxy) is 3. The smallest absolute Gasteiger partial charge is 0.305 e.